The van der Waals surface area contributed by atoms with E-state index in [9.17, 15) is 9.59 Å². The molecule has 4 nitrogen and oxygen atoms in total. The van der Waals surface area contributed by atoms with E-state index in [1.807, 2.05) is 0 Å². The molecule has 4 heteroatoms. The first-order chi connectivity index (χ1) is 5.13. The van der Waals surface area contributed by atoms with Crippen molar-refractivity contribution < 1.29 is 19.4 Å². The van der Waals surface area contributed by atoms with E-state index < -0.39 is 11.9 Å². The van der Waals surface area contributed by atoms with Crippen LogP contribution in [0.3, 0.4) is 0 Å². The molecule has 0 heterocycles. The van der Waals surface area contributed by atoms with E-state index in [2.05, 4.69) is 4.74 Å². The number of carbonyl (C=O) groups is 2. The Morgan fingerprint density at radius 1 is 1.55 bits per heavy atom. The standard InChI is InChI=1S/C7H12O4/c1-5(9)6(3-4-8)7(10)11-2/h6,8H,3-4H2,1-2H3/t6-/m0/s1. The minimum atomic E-state index is -0.801. The fraction of sp³-hybridized carbons (Fsp3) is 0.714. The van der Waals surface area contributed by atoms with E-state index in [4.69, 9.17) is 5.11 Å². The highest BCUT2D eigenvalue weighted by molar-refractivity contribution is 5.97. The number of ketones is 1. The molecule has 0 aliphatic carbocycles. The Hall–Kier alpha value is -0.900. The predicted octanol–water partition coefficient (Wildman–Crippen LogP) is -0.253. The largest absolute Gasteiger partial charge is 0.468 e. The Balaban J connectivity index is 4.09. The van der Waals surface area contributed by atoms with E-state index in [0.717, 1.165) is 0 Å². The Bertz CT molecular complexity index is 153. The third-order valence-corrected chi connectivity index (χ3v) is 1.39. The van der Waals surface area contributed by atoms with Crippen LogP contribution in [0.4, 0.5) is 0 Å². The van der Waals surface area contributed by atoms with Crippen molar-refractivity contribution in [1.82, 2.24) is 0 Å². The van der Waals surface area contributed by atoms with Gasteiger partial charge in [0.1, 0.15) is 11.7 Å². The third-order valence-electron chi connectivity index (χ3n) is 1.39. The Morgan fingerprint density at radius 3 is 2.36 bits per heavy atom. The zero-order chi connectivity index (χ0) is 8.85. The third kappa shape index (κ3) is 3.13. The van der Waals surface area contributed by atoms with Gasteiger partial charge in [0.15, 0.2) is 0 Å². The van der Waals surface area contributed by atoms with Gasteiger partial charge in [0.2, 0.25) is 0 Å². The topological polar surface area (TPSA) is 63.6 Å². The fourth-order valence-corrected chi connectivity index (χ4v) is 0.758. The highest BCUT2D eigenvalue weighted by atomic mass is 16.5. The summed E-state index contributed by atoms with van der Waals surface area (Å²) in [6, 6.07) is 0. The second-order valence-electron chi connectivity index (χ2n) is 2.20. The molecular weight excluding hydrogens is 148 g/mol. The van der Waals surface area contributed by atoms with E-state index >= 15 is 0 Å². The van der Waals surface area contributed by atoms with Gasteiger partial charge in [-0.15, -0.1) is 0 Å². The normalized spacial score (nSPS) is 12.3. The van der Waals surface area contributed by atoms with Gasteiger partial charge in [0, 0.05) is 6.61 Å². The van der Waals surface area contributed by atoms with Crippen molar-refractivity contribution >= 4 is 11.8 Å². The second-order valence-corrected chi connectivity index (χ2v) is 2.20. The summed E-state index contributed by atoms with van der Waals surface area (Å²) in [6.45, 7) is 1.12. The number of carbonyl (C=O) groups excluding carboxylic acids is 2. The van der Waals surface area contributed by atoms with Crippen molar-refractivity contribution in [3.05, 3.63) is 0 Å². The number of aliphatic hydroxyl groups is 1. The van der Waals surface area contributed by atoms with Crippen LogP contribution < -0.4 is 0 Å². The lowest BCUT2D eigenvalue weighted by Gasteiger charge is -2.08. The van der Waals surface area contributed by atoms with Crippen molar-refractivity contribution in [2.24, 2.45) is 5.92 Å². The van der Waals surface area contributed by atoms with Crippen LogP contribution >= 0.6 is 0 Å². The van der Waals surface area contributed by atoms with E-state index in [0.29, 0.717) is 0 Å². The maximum atomic E-state index is 10.8. The summed E-state index contributed by atoms with van der Waals surface area (Å²) in [5, 5.41) is 8.47. The number of ether oxygens (including phenoxy) is 1. The van der Waals surface area contributed by atoms with Crippen LogP contribution in [0.2, 0.25) is 0 Å². The van der Waals surface area contributed by atoms with Gasteiger partial charge in [0.25, 0.3) is 0 Å². The number of rotatable bonds is 4. The summed E-state index contributed by atoms with van der Waals surface area (Å²) in [5.74, 6) is -1.65. The molecule has 11 heavy (non-hydrogen) atoms. The molecule has 64 valence electrons. The number of hydrogen-bond acceptors (Lipinski definition) is 4. The van der Waals surface area contributed by atoms with Gasteiger partial charge >= 0.3 is 5.97 Å². The molecule has 0 aliphatic heterocycles. The van der Waals surface area contributed by atoms with Crippen LogP contribution in [0, 0.1) is 5.92 Å². The molecule has 0 saturated carbocycles. The highest BCUT2D eigenvalue weighted by Crippen LogP contribution is 2.05. The van der Waals surface area contributed by atoms with Gasteiger partial charge in [-0.3, -0.25) is 9.59 Å². The van der Waals surface area contributed by atoms with Crippen LogP contribution in [-0.2, 0) is 14.3 Å². The lowest BCUT2D eigenvalue weighted by Crippen LogP contribution is -2.24. The molecule has 0 aromatic rings. The number of hydrogen-bond donors (Lipinski definition) is 1. The molecule has 0 bridgehead atoms. The predicted molar refractivity (Wildman–Crippen MR) is 37.9 cm³/mol. The molecule has 0 unspecified atom stereocenters. The molecule has 1 N–H and O–H groups in total. The SMILES string of the molecule is COC(=O)[C@@H](CCO)C(C)=O. The Morgan fingerprint density at radius 2 is 2.09 bits per heavy atom. The minimum Gasteiger partial charge on any atom is -0.468 e. The molecule has 0 aliphatic rings. The molecule has 0 spiro atoms. The van der Waals surface area contributed by atoms with E-state index in [1.165, 1.54) is 14.0 Å². The molecule has 1 atom stereocenters. The Kier molecular flexibility index (Phi) is 4.45. The highest BCUT2D eigenvalue weighted by Gasteiger charge is 2.22. The van der Waals surface area contributed by atoms with E-state index in [-0.39, 0.29) is 18.8 Å². The van der Waals surface area contributed by atoms with Crippen LogP contribution in [0.15, 0.2) is 0 Å². The summed E-state index contributed by atoms with van der Waals surface area (Å²) in [6.07, 6.45) is 0.141. The second kappa shape index (κ2) is 4.85. The van der Waals surface area contributed by atoms with Gasteiger partial charge in [-0.25, -0.2) is 0 Å². The number of aliphatic hydroxyl groups excluding tert-OH is 1. The summed E-state index contributed by atoms with van der Waals surface area (Å²) in [7, 11) is 1.22. The summed E-state index contributed by atoms with van der Waals surface area (Å²) < 4.78 is 4.36. The molecule has 0 saturated heterocycles. The number of Topliss-reactive ketones (excluding diaryl/α,β-unsaturated/α-hetero) is 1. The summed E-state index contributed by atoms with van der Waals surface area (Å²) in [4.78, 5) is 21.5. The first kappa shape index (κ1) is 10.1. The molecule has 0 aromatic heterocycles. The van der Waals surface area contributed by atoms with Gasteiger partial charge in [0.05, 0.1) is 7.11 Å². The van der Waals surface area contributed by atoms with Crippen LogP contribution in [0.1, 0.15) is 13.3 Å². The molecule has 0 amide bonds. The lowest BCUT2D eigenvalue weighted by molar-refractivity contribution is -0.149. The molecule has 0 aromatic carbocycles. The van der Waals surface area contributed by atoms with Crippen molar-refractivity contribution in [3.8, 4) is 0 Å². The first-order valence-electron chi connectivity index (χ1n) is 3.32. The van der Waals surface area contributed by atoms with Crippen LogP contribution in [0.25, 0.3) is 0 Å². The zero-order valence-corrected chi connectivity index (χ0v) is 6.66. The smallest absolute Gasteiger partial charge is 0.316 e. The van der Waals surface area contributed by atoms with Crippen molar-refractivity contribution in [2.45, 2.75) is 13.3 Å². The fourth-order valence-electron chi connectivity index (χ4n) is 0.758. The van der Waals surface area contributed by atoms with Crippen LogP contribution in [0.5, 0.6) is 0 Å². The monoisotopic (exact) mass is 160 g/mol. The maximum Gasteiger partial charge on any atom is 0.316 e. The molecular formula is C7H12O4. The van der Waals surface area contributed by atoms with Crippen molar-refractivity contribution in [2.75, 3.05) is 13.7 Å². The van der Waals surface area contributed by atoms with Crippen LogP contribution in [-0.4, -0.2) is 30.6 Å². The molecule has 0 rings (SSSR count). The maximum absolute atomic E-state index is 10.8. The molecule has 0 radical (unpaired) electrons. The average Bonchev–Trinajstić information content (AvgIpc) is 1.98. The summed E-state index contributed by atoms with van der Waals surface area (Å²) in [5.41, 5.74) is 0. The van der Waals surface area contributed by atoms with E-state index in [1.54, 1.807) is 0 Å². The van der Waals surface area contributed by atoms with Crippen molar-refractivity contribution in [1.29, 1.82) is 0 Å². The number of esters is 1. The Labute approximate surface area is 65.2 Å². The van der Waals surface area contributed by atoms with Gasteiger partial charge < -0.3 is 9.84 Å². The quantitative estimate of drug-likeness (QED) is 0.455. The first-order valence-corrected chi connectivity index (χ1v) is 3.32. The van der Waals surface area contributed by atoms with Gasteiger partial charge in [-0.2, -0.15) is 0 Å². The summed E-state index contributed by atoms with van der Waals surface area (Å²) >= 11 is 0. The molecule has 0 fully saturated rings. The average molecular weight is 160 g/mol. The number of methoxy groups -OCH3 is 1. The lowest BCUT2D eigenvalue weighted by atomic mass is 10.0. The van der Waals surface area contributed by atoms with Gasteiger partial charge in [-0.1, -0.05) is 0 Å². The zero-order valence-electron chi connectivity index (χ0n) is 6.66. The minimum absolute atomic E-state index is 0.141. The van der Waals surface area contributed by atoms with Crippen molar-refractivity contribution in [3.63, 3.8) is 0 Å². The van der Waals surface area contributed by atoms with Gasteiger partial charge in [-0.05, 0) is 13.3 Å².